The molecule has 1 heterocycles. The van der Waals surface area contributed by atoms with E-state index in [-0.39, 0.29) is 16.9 Å². The van der Waals surface area contributed by atoms with Crippen molar-refractivity contribution in [2.75, 3.05) is 20.1 Å². The first-order valence-electron chi connectivity index (χ1n) is 8.14. The van der Waals surface area contributed by atoms with Gasteiger partial charge in [0, 0.05) is 18.5 Å². The van der Waals surface area contributed by atoms with E-state index in [0.29, 0.717) is 0 Å². The number of carbonyl (C=O) groups is 1. The summed E-state index contributed by atoms with van der Waals surface area (Å²) in [5.74, 6) is 0.242. The Balaban J connectivity index is 1.85. The fraction of sp³-hybridized carbons (Fsp3) is 0.611. The Morgan fingerprint density at radius 1 is 1.14 bits per heavy atom. The van der Waals surface area contributed by atoms with Gasteiger partial charge in [0.2, 0.25) is 5.91 Å². The fourth-order valence-corrected chi connectivity index (χ4v) is 4.24. The largest absolute Gasteiger partial charge is 0.356 e. The minimum absolute atomic E-state index is 0.146. The first kappa shape index (κ1) is 14.6. The fourth-order valence-electron chi connectivity index (χ4n) is 4.24. The maximum Gasteiger partial charge on any atom is 0.220 e. The molecule has 3 rings (SSSR count). The molecule has 0 radical (unpaired) electrons. The van der Waals surface area contributed by atoms with Crippen LogP contribution in [0.15, 0.2) is 30.3 Å². The van der Waals surface area contributed by atoms with Crippen LogP contribution in [-0.4, -0.2) is 30.9 Å². The number of nitrogens with zero attached hydrogens (tertiary/aromatic N) is 1. The summed E-state index contributed by atoms with van der Waals surface area (Å²) < 4.78 is 0. The molecule has 3 nitrogen and oxygen atoms in total. The second-order valence-electron chi connectivity index (χ2n) is 6.87. The van der Waals surface area contributed by atoms with E-state index in [4.69, 9.17) is 0 Å². The highest BCUT2D eigenvalue weighted by Crippen LogP contribution is 2.50. The van der Waals surface area contributed by atoms with Crippen LogP contribution in [-0.2, 0) is 10.3 Å². The van der Waals surface area contributed by atoms with Crippen LogP contribution in [0.25, 0.3) is 0 Å². The number of amides is 1. The second kappa shape index (κ2) is 5.45. The van der Waals surface area contributed by atoms with Crippen molar-refractivity contribution < 1.29 is 4.79 Å². The topological polar surface area (TPSA) is 32.3 Å². The normalized spacial score (nSPS) is 32.6. The highest BCUT2D eigenvalue weighted by Gasteiger charge is 2.48. The van der Waals surface area contributed by atoms with Crippen LogP contribution in [0.5, 0.6) is 0 Å². The molecule has 0 bridgehead atoms. The van der Waals surface area contributed by atoms with Crippen molar-refractivity contribution in [3.05, 3.63) is 35.9 Å². The molecule has 2 fully saturated rings. The molecule has 0 unspecified atom stereocenters. The summed E-state index contributed by atoms with van der Waals surface area (Å²) in [5, 5.41) is 3.04. The van der Waals surface area contributed by atoms with E-state index < -0.39 is 0 Å². The lowest BCUT2D eigenvalue weighted by atomic mass is 9.64. The van der Waals surface area contributed by atoms with Gasteiger partial charge in [0.25, 0.3) is 0 Å². The number of benzene rings is 1. The van der Waals surface area contributed by atoms with Gasteiger partial charge >= 0.3 is 0 Å². The zero-order chi connectivity index (χ0) is 14.9. The summed E-state index contributed by atoms with van der Waals surface area (Å²) >= 11 is 0. The highest BCUT2D eigenvalue weighted by molar-refractivity contribution is 5.79. The molecule has 0 aromatic heterocycles. The van der Waals surface area contributed by atoms with Crippen LogP contribution in [0.2, 0.25) is 0 Å². The van der Waals surface area contributed by atoms with Crippen LogP contribution in [0, 0.1) is 5.41 Å². The molecule has 114 valence electrons. The van der Waals surface area contributed by atoms with Gasteiger partial charge in [0.15, 0.2) is 0 Å². The summed E-state index contributed by atoms with van der Waals surface area (Å²) in [7, 11) is 2.24. The average molecular weight is 286 g/mol. The molecule has 1 N–H and O–H groups in total. The van der Waals surface area contributed by atoms with Gasteiger partial charge in [-0.05, 0) is 50.3 Å². The Kier molecular flexibility index (Phi) is 3.78. The lowest BCUT2D eigenvalue weighted by Gasteiger charge is -2.49. The van der Waals surface area contributed by atoms with E-state index in [1.807, 2.05) is 0 Å². The third-order valence-electron chi connectivity index (χ3n) is 5.85. The number of carbonyl (C=O) groups excluding carboxylic acids is 1. The zero-order valence-corrected chi connectivity index (χ0v) is 13.2. The molecular formula is C18H26N2O. The van der Waals surface area contributed by atoms with E-state index in [1.165, 1.54) is 5.56 Å². The minimum Gasteiger partial charge on any atom is -0.356 e. The molecule has 3 heteroatoms. The molecular weight excluding hydrogens is 260 g/mol. The van der Waals surface area contributed by atoms with Gasteiger partial charge in [-0.15, -0.1) is 0 Å². The van der Waals surface area contributed by atoms with Crippen molar-refractivity contribution in [3.8, 4) is 0 Å². The Bertz CT molecular complexity index is 503. The molecule has 2 aliphatic rings. The predicted octanol–water partition coefficient (Wildman–Crippen LogP) is 2.91. The van der Waals surface area contributed by atoms with E-state index in [1.54, 1.807) is 0 Å². The van der Waals surface area contributed by atoms with Crippen molar-refractivity contribution >= 4 is 5.91 Å². The molecule has 1 aliphatic carbocycles. The van der Waals surface area contributed by atoms with Crippen molar-refractivity contribution in [2.45, 2.75) is 44.6 Å². The van der Waals surface area contributed by atoms with Crippen molar-refractivity contribution in [1.82, 2.24) is 10.2 Å². The minimum atomic E-state index is 0.146. The third-order valence-corrected chi connectivity index (χ3v) is 5.85. The molecule has 1 saturated heterocycles. The van der Waals surface area contributed by atoms with Crippen LogP contribution in [0.4, 0.5) is 0 Å². The number of hydrogen-bond acceptors (Lipinski definition) is 2. The lowest BCUT2D eigenvalue weighted by molar-refractivity contribution is -0.120. The lowest BCUT2D eigenvalue weighted by Crippen LogP contribution is -2.48. The van der Waals surface area contributed by atoms with E-state index in [0.717, 1.165) is 45.2 Å². The number of hydrogen-bond donors (Lipinski definition) is 1. The van der Waals surface area contributed by atoms with Crippen molar-refractivity contribution in [1.29, 1.82) is 0 Å². The SMILES string of the molecule is CCN(C)C1(c2ccccc2)CCC2(CC1)CNC(=O)C2. The summed E-state index contributed by atoms with van der Waals surface area (Å²) in [5.41, 5.74) is 1.80. The quantitative estimate of drug-likeness (QED) is 0.926. The number of nitrogens with one attached hydrogen (secondary N) is 1. The maximum atomic E-state index is 11.6. The predicted molar refractivity (Wildman–Crippen MR) is 85.0 cm³/mol. The molecule has 1 aliphatic heterocycles. The molecule has 1 aromatic carbocycles. The van der Waals surface area contributed by atoms with Crippen molar-refractivity contribution in [2.24, 2.45) is 5.41 Å². The smallest absolute Gasteiger partial charge is 0.220 e. The van der Waals surface area contributed by atoms with Crippen LogP contribution >= 0.6 is 0 Å². The summed E-state index contributed by atoms with van der Waals surface area (Å²) in [6.45, 7) is 4.17. The standard InChI is InChI=1S/C18H26N2O/c1-3-20(2)18(15-7-5-4-6-8-15)11-9-17(10-12-18)13-16(21)19-14-17/h4-8H,3,9-14H2,1-2H3,(H,19,21). The Morgan fingerprint density at radius 2 is 1.81 bits per heavy atom. The van der Waals surface area contributed by atoms with Gasteiger partial charge in [0.1, 0.15) is 0 Å². The Morgan fingerprint density at radius 3 is 2.33 bits per heavy atom. The molecule has 1 spiro atoms. The van der Waals surface area contributed by atoms with Gasteiger partial charge in [-0.25, -0.2) is 0 Å². The first-order chi connectivity index (χ1) is 10.1. The molecule has 21 heavy (non-hydrogen) atoms. The summed E-state index contributed by atoms with van der Waals surface area (Å²) in [4.78, 5) is 14.1. The summed E-state index contributed by atoms with van der Waals surface area (Å²) in [6.07, 6.45) is 5.32. The van der Waals surface area contributed by atoms with Gasteiger partial charge in [-0.2, -0.15) is 0 Å². The van der Waals surface area contributed by atoms with Gasteiger partial charge < -0.3 is 5.32 Å². The third kappa shape index (κ3) is 2.48. The molecule has 1 aromatic rings. The molecule has 1 amide bonds. The van der Waals surface area contributed by atoms with E-state index in [2.05, 4.69) is 54.5 Å². The molecule has 0 atom stereocenters. The first-order valence-corrected chi connectivity index (χ1v) is 8.14. The maximum absolute atomic E-state index is 11.6. The summed E-state index contributed by atoms with van der Waals surface area (Å²) in [6, 6.07) is 10.9. The zero-order valence-electron chi connectivity index (χ0n) is 13.2. The van der Waals surface area contributed by atoms with Gasteiger partial charge in [0.05, 0.1) is 0 Å². The van der Waals surface area contributed by atoms with E-state index in [9.17, 15) is 4.79 Å². The molecule has 1 saturated carbocycles. The Labute approximate surface area is 127 Å². The van der Waals surface area contributed by atoms with Crippen LogP contribution < -0.4 is 5.32 Å². The second-order valence-corrected chi connectivity index (χ2v) is 6.87. The Hall–Kier alpha value is -1.35. The van der Waals surface area contributed by atoms with E-state index >= 15 is 0 Å². The van der Waals surface area contributed by atoms with Gasteiger partial charge in [-0.1, -0.05) is 37.3 Å². The highest BCUT2D eigenvalue weighted by atomic mass is 16.1. The monoisotopic (exact) mass is 286 g/mol. The van der Waals surface area contributed by atoms with Gasteiger partial charge in [-0.3, -0.25) is 9.69 Å². The number of rotatable bonds is 3. The van der Waals surface area contributed by atoms with Crippen LogP contribution in [0.3, 0.4) is 0 Å². The van der Waals surface area contributed by atoms with Crippen molar-refractivity contribution in [3.63, 3.8) is 0 Å². The average Bonchev–Trinajstić information content (AvgIpc) is 2.89. The van der Waals surface area contributed by atoms with Crippen LogP contribution in [0.1, 0.15) is 44.6 Å².